The highest BCUT2D eigenvalue weighted by Crippen LogP contribution is 2.42. The number of thiophene rings is 1. The molecule has 0 unspecified atom stereocenters. The summed E-state index contributed by atoms with van der Waals surface area (Å²) in [7, 11) is 0. The van der Waals surface area contributed by atoms with Crippen molar-refractivity contribution in [1.29, 1.82) is 0 Å². The molecule has 0 radical (unpaired) electrons. The zero-order valence-corrected chi connectivity index (χ0v) is 16.0. The molecule has 0 bridgehead atoms. The molecule has 1 aliphatic rings. The first-order valence-corrected chi connectivity index (χ1v) is 9.99. The summed E-state index contributed by atoms with van der Waals surface area (Å²) < 4.78 is 6.21. The molecule has 136 valence electrons. The largest absolute Gasteiger partial charge is 0.472 e. The number of nitrogens with two attached hydrogens (primary N) is 1. The maximum absolute atomic E-state index is 12.7. The number of hydrogen-bond donors (Lipinski definition) is 1. The lowest BCUT2D eigenvalue weighted by Crippen LogP contribution is -2.37. The van der Waals surface area contributed by atoms with Crippen molar-refractivity contribution in [3.05, 3.63) is 53.5 Å². The molecule has 0 spiro atoms. The molecule has 0 aliphatic carbocycles. The molecule has 3 aromatic rings. The summed E-state index contributed by atoms with van der Waals surface area (Å²) in [4.78, 5) is 15.2. The Morgan fingerprint density at radius 2 is 2.00 bits per heavy atom. The quantitative estimate of drug-likeness (QED) is 0.666. The van der Waals surface area contributed by atoms with E-state index in [9.17, 15) is 4.79 Å². The SMILES string of the molecule is CC(C)N1CCC(c2c(N)sc3ccc(C(=O)c4ccoc4)cc23)CC1. The van der Waals surface area contributed by atoms with Gasteiger partial charge in [0.25, 0.3) is 0 Å². The predicted octanol–water partition coefficient (Wildman–Crippen LogP) is 4.90. The normalized spacial score (nSPS) is 16.6. The summed E-state index contributed by atoms with van der Waals surface area (Å²) in [6.07, 6.45) is 5.27. The summed E-state index contributed by atoms with van der Waals surface area (Å²) in [6.45, 7) is 6.71. The number of rotatable bonds is 4. The average molecular weight is 369 g/mol. The van der Waals surface area contributed by atoms with Crippen LogP contribution in [-0.2, 0) is 0 Å². The molecule has 5 heteroatoms. The molecule has 2 N–H and O–H groups in total. The van der Waals surface area contributed by atoms with Gasteiger partial charge >= 0.3 is 0 Å². The number of furan rings is 1. The summed E-state index contributed by atoms with van der Waals surface area (Å²) >= 11 is 1.63. The fourth-order valence-corrected chi connectivity index (χ4v) is 5.00. The standard InChI is InChI=1S/C21H24N2O2S/c1-13(2)23-8-5-14(6-9-23)19-17-11-15(3-4-18(17)26-21(19)22)20(24)16-7-10-25-12-16/h3-4,7,10-14H,5-6,8-9,22H2,1-2H3. The summed E-state index contributed by atoms with van der Waals surface area (Å²) in [5.74, 6) is 0.462. The number of ketones is 1. The van der Waals surface area contributed by atoms with Crippen LogP contribution >= 0.6 is 11.3 Å². The van der Waals surface area contributed by atoms with Gasteiger partial charge in [-0.1, -0.05) is 0 Å². The molecule has 0 amide bonds. The molecular formula is C21H24N2O2S. The van der Waals surface area contributed by atoms with Gasteiger partial charge in [0.15, 0.2) is 5.78 Å². The number of piperidine rings is 1. The number of fused-ring (bicyclic) bond motifs is 1. The molecule has 1 aromatic carbocycles. The molecule has 1 saturated heterocycles. The van der Waals surface area contributed by atoms with Gasteiger partial charge in [0, 0.05) is 16.3 Å². The van der Waals surface area contributed by atoms with Gasteiger partial charge in [0.05, 0.1) is 16.8 Å². The monoisotopic (exact) mass is 368 g/mol. The predicted molar refractivity (Wildman–Crippen MR) is 107 cm³/mol. The Morgan fingerprint density at radius 1 is 1.23 bits per heavy atom. The molecule has 4 rings (SSSR count). The molecule has 0 saturated carbocycles. The third-order valence-corrected chi connectivity index (χ3v) is 6.48. The number of carbonyl (C=O) groups is 1. The molecule has 0 atom stereocenters. The second-order valence-corrected chi connectivity index (χ2v) is 8.42. The zero-order chi connectivity index (χ0) is 18.3. The minimum Gasteiger partial charge on any atom is -0.472 e. The van der Waals surface area contributed by atoms with Gasteiger partial charge in [0.1, 0.15) is 6.26 Å². The van der Waals surface area contributed by atoms with Crippen LogP contribution in [-0.4, -0.2) is 29.8 Å². The van der Waals surface area contributed by atoms with E-state index in [1.165, 1.54) is 18.1 Å². The first-order valence-electron chi connectivity index (χ1n) is 9.17. The molecule has 2 aromatic heterocycles. The number of carbonyl (C=O) groups excluding carboxylic acids is 1. The van der Waals surface area contributed by atoms with E-state index in [0.29, 0.717) is 23.1 Å². The van der Waals surface area contributed by atoms with E-state index in [-0.39, 0.29) is 5.78 Å². The van der Waals surface area contributed by atoms with Crippen LogP contribution in [0.5, 0.6) is 0 Å². The summed E-state index contributed by atoms with van der Waals surface area (Å²) in [5, 5.41) is 2.04. The van der Waals surface area contributed by atoms with Gasteiger partial charge in [-0.25, -0.2) is 0 Å². The van der Waals surface area contributed by atoms with Crippen molar-refractivity contribution < 1.29 is 9.21 Å². The third kappa shape index (κ3) is 3.06. The number of nitrogens with zero attached hydrogens (tertiary/aromatic N) is 1. The Balaban J connectivity index is 1.68. The van der Waals surface area contributed by atoms with E-state index in [4.69, 9.17) is 10.2 Å². The maximum atomic E-state index is 12.7. The molecule has 4 nitrogen and oxygen atoms in total. The number of benzene rings is 1. The lowest BCUT2D eigenvalue weighted by Gasteiger charge is -2.34. The zero-order valence-electron chi connectivity index (χ0n) is 15.2. The van der Waals surface area contributed by atoms with Crippen LogP contribution in [0.1, 0.15) is 54.1 Å². The van der Waals surface area contributed by atoms with E-state index in [1.807, 2.05) is 18.2 Å². The molecule has 3 heterocycles. The minimum atomic E-state index is -0.00833. The van der Waals surface area contributed by atoms with E-state index in [1.54, 1.807) is 17.4 Å². The van der Waals surface area contributed by atoms with Crippen LogP contribution in [0.2, 0.25) is 0 Å². The number of likely N-dealkylation sites (tertiary alicyclic amines) is 1. The fraction of sp³-hybridized carbons (Fsp3) is 0.381. The average Bonchev–Trinajstić information content (AvgIpc) is 3.27. The van der Waals surface area contributed by atoms with Crippen LogP contribution in [0.25, 0.3) is 10.1 Å². The van der Waals surface area contributed by atoms with E-state index >= 15 is 0 Å². The van der Waals surface area contributed by atoms with Crippen LogP contribution < -0.4 is 5.73 Å². The Morgan fingerprint density at radius 3 is 2.65 bits per heavy atom. The molecule has 1 aliphatic heterocycles. The number of hydrogen-bond acceptors (Lipinski definition) is 5. The lowest BCUT2D eigenvalue weighted by atomic mass is 9.87. The van der Waals surface area contributed by atoms with Crippen molar-refractivity contribution in [2.75, 3.05) is 18.8 Å². The fourth-order valence-electron chi connectivity index (χ4n) is 3.96. The van der Waals surface area contributed by atoms with Gasteiger partial charge < -0.3 is 15.1 Å². The van der Waals surface area contributed by atoms with E-state index in [2.05, 4.69) is 18.7 Å². The summed E-state index contributed by atoms with van der Waals surface area (Å²) in [6, 6.07) is 8.22. The molecule has 26 heavy (non-hydrogen) atoms. The number of nitrogen functional groups attached to an aromatic ring is 1. The van der Waals surface area contributed by atoms with Crippen molar-refractivity contribution in [1.82, 2.24) is 4.90 Å². The van der Waals surface area contributed by atoms with Crippen LogP contribution in [0.3, 0.4) is 0 Å². The highest BCUT2D eigenvalue weighted by molar-refractivity contribution is 7.22. The first kappa shape index (κ1) is 17.3. The topological polar surface area (TPSA) is 59.5 Å². The van der Waals surface area contributed by atoms with Crippen molar-refractivity contribution >= 4 is 32.2 Å². The van der Waals surface area contributed by atoms with Crippen LogP contribution in [0.15, 0.2) is 41.2 Å². The van der Waals surface area contributed by atoms with Crippen molar-refractivity contribution in [2.24, 2.45) is 0 Å². The minimum absolute atomic E-state index is 0.00833. The highest BCUT2D eigenvalue weighted by atomic mass is 32.1. The Bertz CT molecular complexity index is 919. The van der Waals surface area contributed by atoms with E-state index in [0.717, 1.165) is 41.0 Å². The Labute approximate surface area is 157 Å². The van der Waals surface area contributed by atoms with Gasteiger partial charge in [-0.15, -0.1) is 11.3 Å². The third-order valence-electron chi connectivity index (χ3n) is 5.47. The smallest absolute Gasteiger partial charge is 0.196 e. The van der Waals surface area contributed by atoms with Crippen molar-refractivity contribution in [3.8, 4) is 0 Å². The maximum Gasteiger partial charge on any atom is 0.196 e. The Kier molecular flexibility index (Phi) is 4.59. The second-order valence-electron chi connectivity index (χ2n) is 7.34. The van der Waals surface area contributed by atoms with E-state index < -0.39 is 0 Å². The molecular weight excluding hydrogens is 344 g/mol. The number of anilines is 1. The Hall–Kier alpha value is -2.11. The first-order chi connectivity index (χ1) is 12.5. The highest BCUT2D eigenvalue weighted by Gasteiger charge is 2.26. The van der Waals surface area contributed by atoms with Crippen LogP contribution in [0.4, 0.5) is 5.00 Å². The van der Waals surface area contributed by atoms with Gasteiger partial charge in [-0.05, 0) is 80.9 Å². The van der Waals surface area contributed by atoms with Gasteiger partial charge in [0.2, 0.25) is 0 Å². The van der Waals surface area contributed by atoms with Crippen LogP contribution in [0, 0.1) is 0 Å². The van der Waals surface area contributed by atoms with Gasteiger partial charge in [-0.3, -0.25) is 4.79 Å². The summed E-state index contributed by atoms with van der Waals surface area (Å²) in [5.41, 5.74) is 8.92. The van der Waals surface area contributed by atoms with Crippen molar-refractivity contribution in [2.45, 2.75) is 38.6 Å². The second kappa shape index (κ2) is 6.89. The molecule has 1 fully saturated rings. The van der Waals surface area contributed by atoms with Crippen molar-refractivity contribution in [3.63, 3.8) is 0 Å². The van der Waals surface area contributed by atoms with Gasteiger partial charge in [-0.2, -0.15) is 0 Å². The lowest BCUT2D eigenvalue weighted by molar-refractivity contribution is 0.103.